The molecule has 0 aromatic carbocycles. The number of nitrogens with one attached hydrogen (secondary N) is 1. The maximum atomic E-state index is 11.9. The first-order valence-corrected chi connectivity index (χ1v) is 6.70. The normalized spacial score (nSPS) is 23.4. The molecule has 20 heavy (non-hydrogen) atoms. The molecule has 2 N–H and O–H groups in total. The van der Waals surface area contributed by atoms with Gasteiger partial charge in [-0.1, -0.05) is 0 Å². The van der Waals surface area contributed by atoms with Crippen LogP contribution in [0.25, 0.3) is 0 Å². The molecule has 1 saturated heterocycles. The summed E-state index contributed by atoms with van der Waals surface area (Å²) in [5, 5.41) is 21.8. The predicted octanol–water partition coefficient (Wildman–Crippen LogP) is -0.0299. The van der Waals surface area contributed by atoms with Gasteiger partial charge in [0, 0.05) is 6.92 Å². The van der Waals surface area contributed by atoms with Crippen LogP contribution in [0.2, 0.25) is 0 Å². The van der Waals surface area contributed by atoms with Crippen molar-refractivity contribution >= 4 is 6.16 Å². The van der Waals surface area contributed by atoms with E-state index in [1.165, 1.54) is 11.9 Å². The number of aliphatic hydroxyl groups excluding tert-OH is 1. The second-order valence-corrected chi connectivity index (χ2v) is 5.71. The zero-order valence-corrected chi connectivity index (χ0v) is 12.4. The second kappa shape index (κ2) is 7.19. The van der Waals surface area contributed by atoms with Crippen molar-refractivity contribution in [3.8, 4) is 0 Å². The molecule has 1 heterocycles. The van der Waals surface area contributed by atoms with Gasteiger partial charge in [-0.25, -0.2) is 4.79 Å². The highest BCUT2D eigenvalue weighted by molar-refractivity contribution is 5.60. The third kappa shape index (κ3) is 5.59. The summed E-state index contributed by atoms with van der Waals surface area (Å²) < 4.78 is 9.78. The standard InChI is InChI=1S/C12H24N2O6/c1-9(18-11(16)19-12(2,3)4)20-14(17)13-7-5-6-10(13)8-15/h9-10,14-15H,5-8H2,1-4H3/t9?,10-/m0/s1. The van der Waals surface area contributed by atoms with E-state index in [-0.39, 0.29) is 12.6 Å². The summed E-state index contributed by atoms with van der Waals surface area (Å²) in [6.07, 6.45) is -0.371. The van der Waals surface area contributed by atoms with Crippen molar-refractivity contribution in [2.75, 3.05) is 13.2 Å². The average Bonchev–Trinajstić information content (AvgIpc) is 2.73. The first-order valence-electron chi connectivity index (χ1n) is 6.70. The largest absolute Gasteiger partial charge is 0.579 e. The van der Waals surface area contributed by atoms with E-state index in [4.69, 9.17) is 19.4 Å². The maximum Gasteiger partial charge on any atom is 0.511 e. The van der Waals surface area contributed by atoms with Crippen LogP contribution in [0.4, 0.5) is 4.79 Å². The Labute approximate surface area is 118 Å². The second-order valence-electron chi connectivity index (χ2n) is 5.71. The first kappa shape index (κ1) is 17.1. The maximum absolute atomic E-state index is 11.9. The summed E-state index contributed by atoms with van der Waals surface area (Å²) in [4.78, 5) is 16.4. The third-order valence-electron chi connectivity index (χ3n) is 2.74. The zero-order valence-electron chi connectivity index (χ0n) is 12.4. The van der Waals surface area contributed by atoms with Gasteiger partial charge in [0.2, 0.25) is 0 Å². The summed E-state index contributed by atoms with van der Waals surface area (Å²) >= 11 is 0. The van der Waals surface area contributed by atoms with E-state index in [0.717, 1.165) is 12.8 Å². The molecule has 2 unspecified atom stereocenters. The van der Waals surface area contributed by atoms with Crippen molar-refractivity contribution in [1.29, 1.82) is 0 Å². The fraction of sp³-hybridized carbons (Fsp3) is 0.917. The summed E-state index contributed by atoms with van der Waals surface area (Å²) in [5.41, 5.74) is -0.669. The molecule has 0 aromatic heterocycles. The number of ether oxygens (including phenoxy) is 2. The van der Waals surface area contributed by atoms with Gasteiger partial charge in [-0.3, -0.25) is 0 Å². The Morgan fingerprint density at radius 1 is 1.55 bits per heavy atom. The van der Waals surface area contributed by atoms with Crippen molar-refractivity contribution in [1.82, 2.24) is 5.01 Å². The van der Waals surface area contributed by atoms with E-state index >= 15 is 0 Å². The number of nitrogens with zero attached hydrogens (tertiary/aromatic N) is 1. The molecule has 0 radical (unpaired) electrons. The number of quaternary nitrogens is 1. The molecular weight excluding hydrogens is 268 g/mol. The lowest BCUT2D eigenvalue weighted by molar-refractivity contribution is -1.15. The van der Waals surface area contributed by atoms with Crippen LogP contribution >= 0.6 is 0 Å². The van der Waals surface area contributed by atoms with Crippen LogP contribution < -0.4 is 5.34 Å². The Morgan fingerprint density at radius 2 is 2.20 bits per heavy atom. The van der Waals surface area contributed by atoms with Gasteiger partial charge in [-0.15, -0.1) is 15.2 Å². The molecular formula is C12H24N2O6. The Bertz CT molecular complexity index is 320. The van der Waals surface area contributed by atoms with Crippen LogP contribution in [0.5, 0.6) is 0 Å². The molecule has 8 heteroatoms. The Hall–Kier alpha value is -0.930. The van der Waals surface area contributed by atoms with Crippen molar-refractivity contribution in [3.05, 3.63) is 5.21 Å². The fourth-order valence-corrected chi connectivity index (χ4v) is 1.91. The van der Waals surface area contributed by atoms with Gasteiger partial charge in [0.1, 0.15) is 5.60 Å². The Kier molecular flexibility index (Phi) is 6.15. The number of rotatable bonds is 5. The van der Waals surface area contributed by atoms with Crippen molar-refractivity contribution in [2.45, 2.75) is 58.5 Å². The van der Waals surface area contributed by atoms with Crippen LogP contribution in [0.1, 0.15) is 40.5 Å². The van der Waals surface area contributed by atoms with Crippen LogP contribution in [-0.4, -0.2) is 47.4 Å². The van der Waals surface area contributed by atoms with Crippen LogP contribution in [0.3, 0.4) is 0 Å². The van der Waals surface area contributed by atoms with E-state index in [1.807, 2.05) is 0 Å². The van der Waals surface area contributed by atoms with Gasteiger partial charge in [0.15, 0.2) is 0 Å². The van der Waals surface area contributed by atoms with Crippen LogP contribution in [-0.2, 0) is 14.3 Å². The number of carbonyl (C=O) groups excluding carboxylic acids is 1. The van der Waals surface area contributed by atoms with E-state index in [1.54, 1.807) is 20.8 Å². The number of carbonyl (C=O) groups is 1. The van der Waals surface area contributed by atoms with Gasteiger partial charge in [0.05, 0.1) is 19.2 Å². The highest BCUT2D eigenvalue weighted by Gasteiger charge is 2.31. The minimum absolute atomic E-state index is 0.101. The average molecular weight is 292 g/mol. The highest BCUT2D eigenvalue weighted by atomic mass is 17.0. The quantitative estimate of drug-likeness (QED) is 0.417. The number of hydrogen-bond acceptors (Lipinski definition) is 7. The molecule has 0 saturated carbocycles. The molecule has 3 atom stereocenters. The summed E-state index contributed by atoms with van der Waals surface area (Å²) in [7, 11) is 0. The number of hydrogen-bond donors (Lipinski definition) is 2. The van der Waals surface area contributed by atoms with Gasteiger partial charge in [-0.2, -0.15) is 0 Å². The zero-order chi connectivity index (χ0) is 15.3. The molecule has 8 nitrogen and oxygen atoms in total. The summed E-state index contributed by atoms with van der Waals surface area (Å²) in [6, 6.07) is -0.226. The molecule has 1 aliphatic heterocycles. The number of aliphatic hydroxyl groups is 1. The molecule has 0 spiro atoms. The van der Waals surface area contributed by atoms with E-state index in [9.17, 15) is 10.0 Å². The molecule has 118 valence electrons. The Morgan fingerprint density at radius 3 is 2.75 bits per heavy atom. The minimum Gasteiger partial charge on any atom is -0.579 e. The van der Waals surface area contributed by atoms with E-state index in [0.29, 0.717) is 6.54 Å². The van der Waals surface area contributed by atoms with Crippen molar-refractivity contribution in [2.24, 2.45) is 0 Å². The van der Waals surface area contributed by atoms with Gasteiger partial charge < -0.3 is 19.8 Å². The molecule has 0 aliphatic carbocycles. The lowest BCUT2D eigenvalue weighted by Gasteiger charge is -2.32. The smallest absolute Gasteiger partial charge is 0.511 e. The Balaban J connectivity index is 2.38. The fourth-order valence-electron chi connectivity index (χ4n) is 1.91. The molecule has 1 aliphatic rings. The lowest BCUT2D eigenvalue weighted by Crippen LogP contribution is -3.14. The SMILES string of the molecule is CC(OC(=O)OC(C)(C)C)O[NH+]([O-])N1CCC[C@H]1CO. The molecule has 0 aromatic rings. The molecule has 0 bridgehead atoms. The van der Waals surface area contributed by atoms with Crippen molar-refractivity contribution < 1.29 is 29.5 Å². The van der Waals surface area contributed by atoms with Crippen LogP contribution in [0, 0.1) is 5.21 Å². The van der Waals surface area contributed by atoms with E-state index < -0.39 is 23.4 Å². The van der Waals surface area contributed by atoms with Gasteiger partial charge in [0.25, 0.3) is 6.29 Å². The monoisotopic (exact) mass is 292 g/mol. The van der Waals surface area contributed by atoms with Crippen LogP contribution in [0.15, 0.2) is 0 Å². The minimum atomic E-state index is -1.04. The first-order chi connectivity index (χ1) is 9.23. The highest BCUT2D eigenvalue weighted by Crippen LogP contribution is 2.12. The van der Waals surface area contributed by atoms with Crippen molar-refractivity contribution in [3.63, 3.8) is 0 Å². The predicted molar refractivity (Wildman–Crippen MR) is 69.0 cm³/mol. The lowest BCUT2D eigenvalue weighted by atomic mass is 10.2. The van der Waals surface area contributed by atoms with E-state index in [2.05, 4.69) is 0 Å². The van der Waals surface area contributed by atoms with Gasteiger partial charge >= 0.3 is 6.16 Å². The summed E-state index contributed by atoms with van der Waals surface area (Å²) in [5.74, 6) is 0. The molecule has 0 amide bonds. The molecule has 1 rings (SSSR count). The molecule has 1 fully saturated rings. The summed E-state index contributed by atoms with van der Waals surface area (Å²) in [6.45, 7) is 6.99. The topological polar surface area (TPSA) is 95.7 Å². The van der Waals surface area contributed by atoms with Gasteiger partial charge in [-0.05, 0) is 33.6 Å². The third-order valence-corrected chi connectivity index (χ3v) is 2.74.